The molecule has 1 atom stereocenters. The molecule has 1 aliphatic carbocycles. The van der Waals surface area contributed by atoms with Gasteiger partial charge in [0, 0.05) is 11.6 Å². The average molecular weight is 312 g/mol. The smallest absolute Gasteiger partial charge is 0.305 e. The average Bonchev–Trinajstić information content (AvgIpc) is 3.15. The molecule has 2 aliphatic rings. The molecule has 1 unspecified atom stereocenters. The van der Waals surface area contributed by atoms with Gasteiger partial charge in [-0.05, 0) is 30.9 Å². The first kappa shape index (κ1) is 14.0. The summed E-state index contributed by atoms with van der Waals surface area (Å²) in [5.74, 6) is -0.176. The maximum atomic E-state index is 12.3. The summed E-state index contributed by atoms with van der Waals surface area (Å²) in [6.45, 7) is 0.0733. The molecule has 1 fully saturated rings. The van der Waals surface area contributed by atoms with E-state index >= 15 is 0 Å². The Morgan fingerprint density at radius 3 is 2.81 bits per heavy atom. The first-order chi connectivity index (χ1) is 10.0. The Morgan fingerprint density at radius 2 is 2.14 bits per heavy atom. The lowest BCUT2D eigenvalue weighted by Crippen LogP contribution is -2.38. The van der Waals surface area contributed by atoms with Crippen LogP contribution in [0.2, 0.25) is 5.02 Å². The molecule has 0 aromatic heterocycles. The lowest BCUT2D eigenvalue weighted by Gasteiger charge is -2.16. The summed E-state index contributed by atoms with van der Waals surface area (Å²) < 4.78 is 10.4. The molecule has 0 saturated heterocycles. The van der Waals surface area contributed by atoms with E-state index in [1.54, 1.807) is 6.07 Å². The topological polar surface area (TPSA) is 84.9 Å². The standard InChI is InChI=1S/C14H14ClNO5/c15-9-3-8(4-11-13(9)21-6-20-11)14(19)16-10(5-12(17)18)7-1-2-7/h3-4,7,10H,1-2,5-6H2,(H,16,19)(H,17,18). The monoisotopic (exact) mass is 311 g/mol. The number of ether oxygens (including phenoxy) is 2. The molecule has 3 rings (SSSR count). The number of carboxylic acids is 1. The molecule has 6 nitrogen and oxygen atoms in total. The molecule has 0 spiro atoms. The van der Waals surface area contributed by atoms with Gasteiger partial charge in [-0.25, -0.2) is 0 Å². The maximum absolute atomic E-state index is 12.3. The van der Waals surface area contributed by atoms with Gasteiger partial charge in [0.15, 0.2) is 11.5 Å². The number of nitrogens with one attached hydrogen (secondary N) is 1. The molecule has 1 aliphatic heterocycles. The number of fused-ring (bicyclic) bond motifs is 1. The zero-order valence-corrected chi connectivity index (χ0v) is 11.9. The number of rotatable bonds is 5. The molecule has 1 amide bonds. The van der Waals surface area contributed by atoms with Crippen LogP contribution in [-0.2, 0) is 4.79 Å². The summed E-state index contributed by atoms with van der Waals surface area (Å²) in [7, 11) is 0. The molecular weight excluding hydrogens is 298 g/mol. The zero-order valence-electron chi connectivity index (χ0n) is 11.1. The molecule has 2 N–H and O–H groups in total. The van der Waals surface area contributed by atoms with Gasteiger partial charge in [-0.2, -0.15) is 0 Å². The molecule has 0 bridgehead atoms. The van der Waals surface area contributed by atoms with Gasteiger partial charge >= 0.3 is 5.97 Å². The van der Waals surface area contributed by atoms with Crippen LogP contribution in [0.15, 0.2) is 12.1 Å². The Balaban J connectivity index is 1.75. The van der Waals surface area contributed by atoms with Crippen molar-refractivity contribution in [2.75, 3.05) is 6.79 Å². The van der Waals surface area contributed by atoms with E-state index in [2.05, 4.69) is 5.32 Å². The molecule has 1 heterocycles. The van der Waals surface area contributed by atoms with Crippen LogP contribution >= 0.6 is 11.6 Å². The Hall–Kier alpha value is -1.95. The zero-order chi connectivity index (χ0) is 15.0. The predicted octanol–water partition coefficient (Wildman–Crippen LogP) is 2.05. The van der Waals surface area contributed by atoms with Crippen LogP contribution in [0.3, 0.4) is 0 Å². The van der Waals surface area contributed by atoms with Crippen LogP contribution in [0, 0.1) is 5.92 Å². The van der Waals surface area contributed by atoms with E-state index in [1.807, 2.05) is 0 Å². The van der Waals surface area contributed by atoms with Crippen LogP contribution in [0.1, 0.15) is 29.6 Å². The molecule has 1 aromatic carbocycles. The fourth-order valence-corrected chi connectivity index (χ4v) is 2.64. The van der Waals surface area contributed by atoms with Crippen LogP contribution in [0.5, 0.6) is 11.5 Å². The Labute approximate surface area is 126 Å². The van der Waals surface area contributed by atoms with E-state index in [9.17, 15) is 9.59 Å². The quantitative estimate of drug-likeness (QED) is 0.869. The van der Waals surface area contributed by atoms with Crippen LogP contribution in [0.4, 0.5) is 0 Å². The first-order valence-electron chi connectivity index (χ1n) is 6.66. The van der Waals surface area contributed by atoms with Gasteiger partial charge in [0.25, 0.3) is 5.91 Å². The lowest BCUT2D eigenvalue weighted by molar-refractivity contribution is -0.137. The minimum Gasteiger partial charge on any atom is -0.481 e. The van der Waals surface area contributed by atoms with E-state index in [-0.39, 0.29) is 31.1 Å². The minimum absolute atomic E-state index is 0.0733. The summed E-state index contributed by atoms with van der Waals surface area (Å²) >= 11 is 6.04. The lowest BCUT2D eigenvalue weighted by atomic mass is 10.1. The number of hydrogen-bond donors (Lipinski definition) is 2. The molecule has 112 valence electrons. The van der Waals surface area contributed by atoms with Crippen molar-refractivity contribution in [1.29, 1.82) is 0 Å². The van der Waals surface area contributed by atoms with Crippen molar-refractivity contribution in [1.82, 2.24) is 5.32 Å². The van der Waals surface area contributed by atoms with Gasteiger partial charge in [0.1, 0.15) is 0 Å². The van der Waals surface area contributed by atoms with Crippen molar-refractivity contribution in [2.45, 2.75) is 25.3 Å². The number of hydrogen-bond acceptors (Lipinski definition) is 4. The highest BCUT2D eigenvalue weighted by molar-refractivity contribution is 6.32. The number of halogens is 1. The molecule has 1 aromatic rings. The number of aliphatic carboxylic acids is 1. The highest BCUT2D eigenvalue weighted by Gasteiger charge is 2.34. The molecule has 7 heteroatoms. The first-order valence-corrected chi connectivity index (χ1v) is 7.04. The summed E-state index contributed by atoms with van der Waals surface area (Å²) in [6, 6.07) is 2.70. The van der Waals surface area contributed by atoms with Gasteiger partial charge < -0.3 is 19.9 Å². The Morgan fingerprint density at radius 1 is 1.38 bits per heavy atom. The Kier molecular flexibility index (Phi) is 3.63. The second kappa shape index (κ2) is 5.44. The Bertz CT molecular complexity index is 599. The number of amides is 1. The number of carbonyl (C=O) groups is 2. The third kappa shape index (κ3) is 3.05. The summed E-state index contributed by atoms with van der Waals surface area (Å²) in [4.78, 5) is 23.1. The molecule has 1 saturated carbocycles. The highest BCUT2D eigenvalue weighted by atomic mass is 35.5. The fourth-order valence-electron chi connectivity index (χ4n) is 2.37. The molecule has 21 heavy (non-hydrogen) atoms. The van der Waals surface area contributed by atoms with Gasteiger partial charge in [-0.3, -0.25) is 9.59 Å². The van der Waals surface area contributed by atoms with Gasteiger partial charge in [-0.15, -0.1) is 0 Å². The van der Waals surface area contributed by atoms with E-state index in [0.717, 1.165) is 12.8 Å². The number of carbonyl (C=O) groups excluding carboxylic acids is 1. The number of carboxylic acid groups (broad SMARTS) is 1. The molecular formula is C14H14ClNO5. The third-order valence-corrected chi connectivity index (χ3v) is 3.87. The van der Waals surface area contributed by atoms with Crippen molar-refractivity contribution < 1.29 is 24.2 Å². The van der Waals surface area contributed by atoms with Crippen LogP contribution in [-0.4, -0.2) is 29.8 Å². The van der Waals surface area contributed by atoms with Crippen LogP contribution < -0.4 is 14.8 Å². The second-order valence-corrected chi connectivity index (χ2v) is 5.61. The second-order valence-electron chi connectivity index (χ2n) is 5.21. The normalized spacial score (nSPS) is 17.4. The van der Waals surface area contributed by atoms with E-state index in [1.165, 1.54) is 6.07 Å². The SMILES string of the molecule is O=C(O)CC(NC(=O)c1cc(Cl)c2c(c1)OCO2)C1CC1. The minimum atomic E-state index is -0.920. The largest absolute Gasteiger partial charge is 0.481 e. The van der Waals surface area contributed by atoms with Gasteiger partial charge in [0.05, 0.1) is 11.4 Å². The maximum Gasteiger partial charge on any atom is 0.305 e. The third-order valence-electron chi connectivity index (χ3n) is 3.59. The summed E-state index contributed by atoms with van der Waals surface area (Å²) in [5, 5.41) is 12.0. The summed E-state index contributed by atoms with van der Waals surface area (Å²) in [6.07, 6.45) is 1.81. The summed E-state index contributed by atoms with van der Waals surface area (Å²) in [5.41, 5.74) is 0.334. The van der Waals surface area contributed by atoms with Crippen LogP contribution in [0.25, 0.3) is 0 Å². The van der Waals surface area contributed by atoms with Crippen molar-refractivity contribution in [3.63, 3.8) is 0 Å². The van der Waals surface area contributed by atoms with Gasteiger partial charge in [-0.1, -0.05) is 11.6 Å². The van der Waals surface area contributed by atoms with Crippen molar-refractivity contribution in [3.05, 3.63) is 22.7 Å². The molecule has 0 radical (unpaired) electrons. The van der Waals surface area contributed by atoms with E-state index in [0.29, 0.717) is 22.1 Å². The van der Waals surface area contributed by atoms with Gasteiger partial charge in [0.2, 0.25) is 6.79 Å². The van der Waals surface area contributed by atoms with Crippen molar-refractivity contribution >= 4 is 23.5 Å². The van der Waals surface area contributed by atoms with Crippen molar-refractivity contribution in [2.24, 2.45) is 5.92 Å². The fraction of sp³-hybridized carbons (Fsp3) is 0.429. The predicted molar refractivity (Wildman–Crippen MR) is 73.8 cm³/mol. The van der Waals surface area contributed by atoms with E-state index < -0.39 is 5.97 Å². The van der Waals surface area contributed by atoms with E-state index in [4.69, 9.17) is 26.2 Å². The number of benzene rings is 1. The highest BCUT2D eigenvalue weighted by Crippen LogP contribution is 2.40. The van der Waals surface area contributed by atoms with Crippen molar-refractivity contribution in [3.8, 4) is 11.5 Å².